The first-order chi connectivity index (χ1) is 10.9. The van der Waals surface area contributed by atoms with Crippen molar-refractivity contribution in [1.29, 1.82) is 0 Å². The van der Waals surface area contributed by atoms with Crippen molar-refractivity contribution in [3.8, 4) is 0 Å². The molecule has 2 heterocycles. The maximum absolute atomic E-state index is 12.4. The fourth-order valence-corrected chi connectivity index (χ4v) is 3.24. The summed E-state index contributed by atoms with van der Waals surface area (Å²) in [5, 5.41) is 7.76. The third kappa shape index (κ3) is 5.82. The molecule has 2 fully saturated rings. The van der Waals surface area contributed by atoms with Crippen molar-refractivity contribution >= 4 is 17.8 Å². The Morgan fingerprint density at radius 1 is 1.22 bits per heavy atom. The Hall–Kier alpha value is -1.63. The third-order valence-electron chi connectivity index (χ3n) is 4.31. The van der Waals surface area contributed by atoms with Crippen LogP contribution in [0.2, 0.25) is 0 Å². The van der Waals surface area contributed by atoms with Gasteiger partial charge in [-0.05, 0) is 46.2 Å². The van der Waals surface area contributed by atoms with Gasteiger partial charge in [0.1, 0.15) is 6.04 Å². The van der Waals surface area contributed by atoms with Gasteiger partial charge in [0.15, 0.2) is 0 Å². The van der Waals surface area contributed by atoms with Gasteiger partial charge in [-0.1, -0.05) is 12.8 Å². The molecule has 23 heavy (non-hydrogen) atoms. The average Bonchev–Trinajstić information content (AvgIpc) is 2.78. The molecule has 1 unspecified atom stereocenters. The minimum Gasteiger partial charge on any atom is -0.348 e. The van der Waals surface area contributed by atoms with Crippen LogP contribution in [0.1, 0.15) is 52.4 Å². The largest absolute Gasteiger partial charge is 0.348 e. The number of nitrogens with zero attached hydrogens (tertiary/aromatic N) is 1. The number of hydrogen-bond acceptors (Lipinski definition) is 4. The van der Waals surface area contributed by atoms with Crippen molar-refractivity contribution in [2.45, 2.75) is 64.0 Å². The molecule has 0 radical (unpaired) electrons. The molecule has 2 rings (SSSR count). The molecule has 7 heteroatoms. The van der Waals surface area contributed by atoms with Crippen molar-refractivity contribution in [1.82, 2.24) is 20.9 Å². The Morgan fingerprint density at radius 3 is 2.52 bits per heavy atom. The van der Waals surface area contributed by atoms with Crippen LogP contribution in [0.15, 0.2) is 0 Å². The molecule has 3 N–H and O–H groups in total. The van der Waals surface area contributed by atoms with E-state index in [1.165, 1.54) is 25.7 Å². The molecule has 0 spiro atoms. The van der Waals surface area contributed by atoms with Gasteiger partial charge in [-0.2, -0.15) is 0 Å². The first kappa shape index (κ1) is 17.7. The number of imide groups is 1. The second-order valence-corrected chi connectivity index (χ2v) is 7.18. The summed E-state index contributed by atoms with van der Waals surface area (Å²) < 4.78 is 0. The van der Waals surface area contributed by atoms with E-state index in [0.29, 0.717) is 6.42 Å². The molecule has 0 aromatic rings. The lowest BCUT2D eigenvalue weighted by Crippen LogP contribution is -2.57. The van der Waals surface area contributed by atoms with E-state index < -0.39 is 12.1 Å². The number of likely N-dealkylation sites (tertiary alicyclic amines) is 1. The molecule has 0 saturated carbocycles. The van der Waals surface area contributed by atoms with E-state index >= 15 is 0 Å². The van der Waals surface area contributed by atoms with E-state index in [1.54, 1.807) is 0 Å². The lowest BCUT2D eigenvalue weighted by molar-refractivity contribution is -0.124. The summed E-state index contributed by atoms with van der Waals surface area (Å²) in [5.41, 5.74) is -0.379. The fraction of sp³-hybridized carbons (Fsp3) is 0.812. The zero-order chi connectivity index (χ0) is 16.9. The van der Waals surface area contributed by atoms with Crippen LogP contribution >= 0.6 is 0 Å². The molecule has 2 saturated heterocycles. The molecule has 0 aromatic heterocycles. The van der Waals surface area contributed by atoms with Gasteiger partial charge in [0.2, 0.25) is 11.8 Å². The maximum Gasteiger partial charge on any atom is 0.322 e. The highest BCUT2D eigenvalue weighted by Gasteiger charge is 2.31. The van der Waals surface area contributed by atoms with Gasteiger partial charge in [0.25, 0.3) is 0 Å². The van der Waals surface area contributed by atoms with Gasteiger partial charge in [-0.3, -0.25) is 14.9 Å². The summed E-state index contributed by atoms with van der Waals surface area (Å²) in [6, 6.07) is -1.26. The first-order valence-electron chi connectivity index (χ1n) is 8.50. The standard InChI is InChI=1S/C16H28N4O3/c1-16(2,11-20-9-5-3-4-6-10-20)19-14(22)12-7-8-13(21)18-15(23)17-12/h12H,3-11H2,1-2H3,(H,19,22)(H2,17,18,21,23). The van der Waals surface area contributed by atoms with Gasteiger partial charge < -0.3 is 15.5 Å². The lowest BCUT2D eigenvalue weighted by Gasteiger charge is -2.34. The SMILES string of the molecule is CC(C)(CN1CCCCCC1)NC(=O)C1CCC(=O)NC(=O)N1. The number of carbonyl (C=O) groups excluding carboxylic acids is 3. The number of rotatable bonds is 4. The molecule has 2 aliphatic rings. The summed E-state index contributed by atoms with van der Waals surface area (Å²) in [7, 11) is 0. The van der Waals surface area contributed by atoms with E-state index in [1.807, 2.05) is 13.8 Å². The number of amides is 4. The second kappa shape index (κ2) is 7.77. The van der Waals surface area contributed by atoms with Crippen molar-refractivity contribution in [3.05, 3.63) is 0 Å². The fourth-order valence-electron chi connectivity index (χ4n) is 3.24. The van der Waals surface area contributed by atoms with Crippen LogP contribution in [0.5, 0.6) is 0 Å². The van der Waals surface area contributed by atoms with E-state index in [-0.39, 0.29) is 23.8 Å². The summed E-state index contributed by atoms with van der Waals surface area (Å²) >= 11 is 0. The van der Waals surface area contributed by atoms with Crippen LogP contribution in [0, 0.1) is 0 Å². The number of hydrogen-bond donors (Lipinski definition) is 3. The van der Waals surface area contributed by atoms with Crippen LogP contribution in [0.3, 0.4) is 0 Å². The number of urea groups is 1. The van der Waals surface area contributed by atoms with Crippen molar-refractivity contribution < 1.29 is 14.4 Å². The monoisotopic (exact) mass is 324 g/mol. The quantitative estimate of drug-likeness (QED) is 0.711. The topological polar surface area (TPSA) is 90.5 Å². The Bertz CT molecular complexity index is 456. The van der Waals surface area contributed by atoms with Crippen LogP contribution in [-0.4, -0.2) is 54.0 Å². The van der Waals surface area contributed by atoms with Crippen LogP contribution in [0.25, 0.3) is 0 Å². The Morgan fingerprint density at radius 2 is 1.87 bits per heavy atom. The van der Waals surface area contributed by atoms with E-state index in [0.717, 1.165) is 19.6 Å². The number of nitrogens with one attached hydrogen (secondary N) is 3. The minimum absolute atomic E-state index is 0.170. The van der Waals surface area contributed by atoms with Gasteiger partial charge in [-0.15, -0.1) is 0 Å². The normalized spacial score (nSPS) is 24.2. The molecule has 0 aromatic carbocycles. The summed E-state index contributed by atoms with van der Waals surface area (Å²) in [5.74, 6) is -0.573. The highest BCUT2D eigenvalue weighted by Crippen LogP contribution is 2.14. The highest BCUT2D eigenvalue weighted by molar-refractivity contribution is 5.98. The molecule has 4 amide bonds. The summed E-state index contributed by atoms with van der Waals surface area (Å²) in [6.45, 7) is 6.92. The van der Waals surface area contributed by atoms with Crippen LogP contribution < -0.4 is 16.0 Å². The van der Waals surface area contributed by atoms with Crippen LogP contribution in [0.4, 0.5) is 4.79 Å². The first-order valence-corrected chi connectivity index (χ1v) is 8.50. The maximum atomic E-state index is 12.4. The van der Waals surface area contributed by atoms with Crippen molar-refractivity contribution in [2.75, 3.05) is 19.6 Å². The van der Waals surface area contributed by atoms with Gasteiger partial charge in [-0.25, -0.2) is 4.79 Å². The van der Waals surface area contributed by atoms with Crippen molar-refractivity contribution in [3.63, 3.8) is 0 Å². The molecule has 0 aliphatic carbocycles. The van der Waals surface area contributed by atoms with Crippen molar-refractivity contribution in [2.24, 2.45) is 0 Å². The zero-order valence-corrected chi connectivity index (χ0v) is 14.1. The lowest BCUT2D eigenvalue weighted by atomic mass is 10.0. The van der Waals surface area contributed by atoms with Gasteiger partial charge in [0.05, 0.1) is 0 Å². The van der Waals surface area contributed by atoms with Crippen LogP contribution in [-0.2, 0) is 9.59 Å². The molecular weight excluding hydrogens is 296 g/mol. The third-order valence-corrected chi connectivity index (χ3v) is 4.31. The van der Waals surface area contributed by atoms with Gasteiger partial charge >= 0.3 is 6.03 Å². The second-order valence-electron chi connectivity index (χ2n) is 7.18. The molecule has 130 valence electrons. The Labute approximate surface area is 137 Å². The van der Waals surface area contributed by atoms with E-state index in [2.05, 4.69) is 20.9 Å². The zero-order valence-electron chi connectivity index (χ0n) is 14.1. The average molecular weight is 324 g/mol. The Balaban J connectivity index is 1.88. The molecular formula is C16H28N4O3. The summed E-state index contributed by atoms with van der Waals surface area (Å²) in [6.07, 6.45) is 5.45. The number of carbonyl (C=O) groups is 3. The van der Waals surface area contributed by atoms with Gasteiger partial charge in [0, 0.05) is 18.5 Å². The molecule has 7 nitrogen and oxygen atoms in total. The van der Waals surface area contributed by atoms with E-state index in [9.17, 15) is 14.4 Å². The van der Waals surface area contributed by atoms with E-state index in [4.69, 9.17) is 0 Å². The summed E-state index contributed by atoms with van der Waals surface area (Å²) in [4.78, 5) is 37.7. The molecule has 2 aliphatic heterocycles. The minimum atomic E-state index is -0.662. The Kier molecular flexibility index (Phi) is 5.98. The highest BCUT2D eigenvalue weighted by atomic mass is 16.2. The predicted molar refractivity (Wildman–Crippen MR) is 86.8 cm³/mol. The molecule has 0 bridgehead atoms. The molecule has 1 atom stereocenters. The predicted octanol–water partition coefficient (Wildman–Crippen LogP) is 0.745. The smallest absolute Gasteiger partial charge is 0.322 e.